The molecule has 1 aliphatic heterocycles. The molecule has 4 atom stereocenters. The first kappa shape index (κ1) is 17.3. The molecule has 2 N–H and O–H groups in total. The minimum absolute atomic E-state index is 0.0376. The van der Waals surface area contributed by atoms with E-state index in [-0.39, 0.29) is 13.4 Å². The maximum absolute atomic E-state index is 11.4. The van der Waals surface area contributed by atoms with E-state index in [4.69, 9.17) is 14.2 Å². The lowest BCUT2D eigenvalue weighted by Crippen LogP contribution is -2.49. The van der Waals surface area contributed by atoms with Crippen LogP contribution in [0.4, 0.5) is 0 Å². The summed E-state index contributed by atoms with van der Waals surface area (Å²) < 4.78 is 20.1. The topological polar surface area (TPSA) is 94.5 Å². The monoisotopic (exact) mass is 292 g/mol. The predicted octanol–water partition coefficient (Wildman–Crippen LogP) is -0.170. The predicted molar refractivity (Wildman–Crippen MR) is 69.0 cm³/mol. The average molecular weight is 292 g/mol. The van der Waals surface area contributed by atoms with Crippen molar-refractivity contribution in [2.75, 3.05) is 27.6 Å². The quantitative estimate of drug-likeness (QED) is 0.382. The molecule has 0 unspecified atom stereocenters. The summed E-state index contributed by atoms with van der Waals surface area (Å²) in [5.74, 6) is -0.747. The van der Waals surface area contributed by atoms with E-state index >= 15 is 0 Å². The maximum atomic E-state index is 11.4. The number of esters is 1. The summed E-state index contributed by atoms with van der Waals surface area (Å²) in [5, 5.41) is 20.3. The van der Waals surface area contributed by atoms with Crippen LogP contribution in [0.25, 0.3) is 0 Å². The van der Waals surface area contributed by atoms with Gasteiger partial charge in [0.15, 0.2) is 6.10 Å². The number of hydrogen-bond acceptors (Lipinski definition) is 7. The third-order valence-electron chi connectivity index (χ3n) is 3.61. The lowest BCUT2D eigenvalue weighted by atomic mass is 9.93. The highest BCUT2D eigenvalue weighted by Crippen LogP contribution is 2.38. The lowest BCUT2D eigenvalue weighted by molar-refractivity contribution is -0.194. The van der Waals surface area contributed by atoms with Gasteiger partial charge in [0.2, 0.25) is 0 Å². The number of carbonyl (C=O) groups excluding carboxylic acids is 1. The Bertz CT molecular complexity index is 331. The molecule has 0 saturated carbocycles. The van der Waals surface area contributed by atoms with E-state index in [1.165, 1.54) is 14.2 Å². The molecule has 7 heteroatoms. The van der Waals surface area contributed by atoms with Crippen LogP contribution in [-0.4, -0.2) is 67.2 Å². The maximum Gasteiger partial charge on any atom is 0.337 e. The highest BCUT2D eigenvalue weighted by Gasteiger charge is 2.50. The van der Waals surface area contributed by atoms with Gasteiger partial charge in [0, 0.05) is 7.11 Å². The number of carbonyl (C=O) groups is 1. The highest BCUT2D eigenvalue weighted by molar-refractivity contribution is 5.75. The van der Waals surface area contributed by atoms with Crippen LogP contribution in [0.1, 0.15) is 26.7 Å². The van der Waals surface area contributed by atoms with Crippen LogP contribution >= 0.6 is 0 Å². The van der Waals surface area contributed by atoms with Crippen LogP contribution in [0.3, 0.4) is 0 Å². The number of aliphatic hydroxyl groups is 2. The Kier molecular flexibility index (Phi) is 5.91. The van der Waals surface area contributed by atoms with E-state index < -0.39 is 29.4 Å². The summed E-state index contributed by atoms with van der Waals surface area (Å²) in [7, 11) is 2.70. The summed E-state index contributed by atoms with van der Waals surface area (Å²) in [4.78, 5) is 11.4. The summed E-state index contributed by atoms with van der Waals surface area (Å²) >= 11 is 0. The van der Waals surface area contributed by atoms with Crippen molar-refractivity contribution in [1.82, 2.24) is 0 Å². The molecule has 0 aromatic rings. The fourth-order valence-corrected chi connectivity index (χ4v) is 2.29. The van der Waals surface area contributed by atoms with Gasteiger partial charge in [-0.05, 0) is 26.7 Å². The van der Waals surface area contributed by atoms with Gasteiger partial charge in [0.05, 0.1) is 19.8 Å². The molecular weight excluding hydrogens is 268 g/mol. The molecule has 0 aromatic heterocycles. The number of rotatable bonds is 7. The third kappa shape index (κ3) is 3.89. The first-order valence-electron chi connectivity index (χ1n) is 6.49. The Hall–Kier alpha value is -0.730. The van der Waals surface area contributed by atoms with Gasteiger partial charge in [-0.25, -0.2) is 4.79 Å². The van der Waals surface area contributed by atoms with Crippen LogP contribution in [0.15, 0.2) is 0 Å². The molecule has 1 heterocycles. The molecule has 0 aliphatic carbocycles. The van der Waals surface area contributed by atoms with Crippen LogP contribution in [0, 0.1) is 0 Å². The van der Waals surface area contributed by atoms with E-state index in [0.717, 1.165) is 0 Å². The lowest BCUT2D eigenvalue weighted by Gasteiger charge is -2.33. The van der Waals surface area contributed by atoms with Gasteiger partial charge >= 0.3 is 5.97 Å². The largest absolute Gasteiger partial charge is 0.467 e. The summed E-state index contributed by atoms with van der Waals surface area (Å²) in [6.07, 6.45) is -0.973. The van der Waals surface area contributed by atoms with Crippen LogP contribution < -0.4 is 0 Å². The molecule has 1 aliphatic rings. The van der Waals surface area contributed by atoms with Gasteiger partial charge in [-0.1, -0.05) is 0 Å². The van der Waals surface area contributed by atoms with Crippen molar-refractivity contribution < 1.29 is 34.0 Å². The molecule has 20 heavy (non-hydrogen) atoms. The number of methoxy groups -OCH3 is 2. The van der Waals surface area contributed by atoms with Crippen LogP contribution in [0.5, 0.6) is 0 Å². The fourth-order valence-electron chi connectivity index (χ4n) is 2.29. The highest BCUT2D eigenvalue weighted by atomic mass is 16.7. The molecule has 7 nitrogen and oxygen atoms in total. The first-order chi connectivity index (χ1) is 9.27. The average Bonchev–Trinajstić information content (AvgIpc) is 2.82. The normalized spacial score (nSPS) is 30.8. The minimum atomic E-state index is -1.38. The van der Waals surface area contributed by atoms with Crippen molar-refractivity contribution in [3.05, 3.63) is 0 Å². The number of ether oxygens (including phenoxy) is 4. The van der Waals surface area contributed by atoms with Gasteiger partial charge in [0.1, 0.15) is 18.0 Å². The van der Waals surface area contributed by atoms with Crippen molar-refractivity contribution in [2.45, 2.75) is 50.1 Å². The van der Waals surface area contributed by atoms with Crippen molar-refractivity contribution in [1.29, 1.82) is 0 Å². The Morgan fingerprint density at radius 3 is 2.75 bits per heavy atom. The molecule has 1 rings (SSSR count). The zero-order chi connectivity index (χ0) is 15.4. The molecule has 0 spiro atoms. The number of aliphatic hydroxyl groups excluding tert-OH is 1. The second-order valence-corrected chi connectivity index (χ2v) is 5.50. The van der Waals surface area contributed by atoms with Gasteiger partial charge in [0.25, 0.3) is 0 Å². The molecule has 0 aromatic carbocycles. The molecule has 118 valence electrons. The van der Waals surface area contributed by atoms with Gasteiger partial charge in [-0.3, -0.25) is 0 Å². The Labute approximate surface area is 118 Å². The van der Waals surface area contributed by atoms with Gasteiger partial charge < -0.3 is 29.2 Å². The summed E-state index contributed by atoms with van der Waals surface area (Å²) in [6, 6.07) is 0. The smallest absolute Gasteiger partial charge is 0.337 e. The van der Waals surface area contributed by atoms with Crippen molar-refractivity contribution in [2.24, 2.45) is 0 Å². The van der Waals surface area contributed by atoms with Crippen molar-refractivity contribution in [3.8, 4) is 0 Å². The molecule has 0 bridgehead atoms. The molecule has 0 radical (unpaired) electrons. The Balaban J connectivity index is 2.63. The second-order valence-electron chi connectivity index (χ2n) is 5.50. The van der Waals surface area contributed by atoms with E-state index in [0.29, 0.717) is 12.8 Å². The molecule has 1 saturated heterocycles. The van der Waals surface area contributed by atoms with E-state index in [2.05, 4.69) is 4.74 Å². The molecule has 1 fully saturated rings. The first-order valence-corrected chi connectivity index (χ1v) is 6.49. The van der Waals surface area contributed by atoms with Crippen LogP contribution in [-0.2, 0) is 23.7 Å². The molecule has 0 amide bonds. The Morgan fingerprint density at radius 2 is 2.20 bits per heavy atom. The summed E-state index contributed by atoms with van der Waals surface area (Å²) in [5.41, 5.74) is -2.30. The van der Waals surface area contributed by atoms with Crippen LogP contribution in [0.2, 0.25) is 0 Å². The van der Waals surface area contributed by atoms with E-state index in [1.54, 1.807) is 13.8 Å². The standard InChI is InChI=1S/C13H24O7/c1-12(16,7-19-8-17-3)9-5-6-13(2,20-9)10(14)11(15)18-4/h9-10,14,16H,5-8H2,1-4H3/t9-,10-,12+,13+/m1/s1. The zero-order valence-electron chi connectivity index (χ0n) is 12.4. The Morgan fingerprint density at radius 1 is 1.55 bits per heavy atom. The molecular formula is C13H24O7. The van der Waals surface area contributed by atoms with Crippen molar-refractivity contribution >= 4 is 5.97 Å². The minimum Gasteiger partial charge on any atom is -0.467 e. The van der Waals surface area contributed by atoms with E-state index in [1.807, 2.05) is 0 Å². The van der Waals surface area contributed by atoms with Gasteiger partial charge in [-0.2, -0.15) is 0 Å². The van der Waals surface area contributed by atoms with Crippen molar-refractivity contribution in [3.63, 3.8) is 0 Å². The van der Waals surface area contributed by atoms with Gasteiger partial charge in [-0.15, -0.1) is 0 Å². The number of hydrogen-bond donors (Lipinski definition) is 2. The van der Waals surface area contributed by atoms with E-state index in [9.17, 15) is 15.0 Å². The zero-order valence-corrected chi connectivity index (χ0v) is 12.4. The SMILES string of the molecule is COCOC[C@](C)(O)[C@H]1CC[C@@](C)([C@H](O)C(=O)OC)O1. The fraction of sp³-hybridized carbons (Fsp3) is 0.923. The summed E-state index contributed by atoms with van der Waals surface area (Å²) in [6.45, 7) is 3.32. The second kappa shape index (κ2) is 6.82. The third-order valence-corrected chi connectivity index (χ3v) is 3.61.